The van der Waals surface area contributed by atoms with E-state index in [-0.39, 0.29) is 23.7 Å². The molecule has 1 heterocycles. The summed E-state index contributed by atoms with van der Waals surface area (Å²) >= 11 is 0. The second-order valence-corrected chi connectivity index (χ2v) is 4.34. The molecule has 0 aliphatic carbocycles. The van der Waals surface area contributed by atoms with Gasteiger partial charge in [0.05, 0.1) is 5.56 Å². The largest absolute Gasteiger partial charge is 0.419 e. The van der Waals surface area contributed by atoms with Gasteiger partial charge >= 0.3 is 6.18 Å². The molecule has 0 unspecified atom stereocenters. The number of halogens is 4. The lowest BCUT2D eigenvalue weighted by Gasteiger charge is -2.26. The molecule has 1 saturated heterocycles. The Labute approximate surface area is 101 Å². The van der Waals surface area contributed by atoms with E-state index in [1.165, 1.54) is 0 Å². The number of carbonyl (C=O) groups is 1. The van der Waals surface area contributed by atoms with E-state index in [0.29, 0.717) is 25.2 Å². The summed E-state index contributed by atoms with van der Waals surface area (Å²) in [5, 5.41) is 2.97. The minimum atomic E-state index is -4.78. The predicted octanol–water partition coefficient (Wildman–Crippen LogP) is 2.64. The molecule has 0 aromatic heterocycles. The lowest BCUT2D eigenvalue weighted by molar-refractivity contribution is -0.140. The monoisotopic (exact) mass is 261 g/mol. The molecule has 0 spiro atoms. The van der Waals surface area contributed by atoms with Crippen LogP contribution in [0.2, 0.25) is 0 Å². The summed E-state index contributed by atoms with van der Waals surface area (Å²) in [4.78, 5) is 11.7. The van der Waals surface area contributed by atoms with E-state index in [1.54, 1.807) is 0 Å². The summed E-state index contributed by atoms with van der Waals surface area (Å²) in [5.74, 6) is -1.58. The number of benzene rings is 1. The second-order valence-electron chi connectivity index (χ2n) is 4.34. The fourth-order valence-corrected chi connectivity index (χ4v) is 1.79. The van der Waals surface area contributed by atoms with Crippen molar-refractivity contribution in [2.24, 2.45) is 5.92 Å². The van der Waals surface area contributed by atoms with Gasteiger partial charge in [0.2, 0.25) is 0 Å². The van der Waals surface area contributed by atoms with Crippen molar-refractivity contribution in [3.8, 4) is 0 Å². The molecule has 1 aromatic carbocycles. The van der Waals surface area contributed by atoms with Crippen molar-refractivity contribution >= 4 is 5.78 Å². The van der Waals surface area contributed by atoms with Gasteiger partial charge in [-0.3, -0.25) is 4.79 Å². The summed E-state index contributed by atoms with van der Waals surface area (Å²) in [6, 6.07) is 2.37. The molecule has 98 valence electrons. The standard InChI is InChI=1S/C12H11F4NO/c13-10-2-1-8(4-9(10)12(14,15)16)11(18)3-7-5-17-6-7/h1-2,4,7,17H,3,5-6H2. The number of nitrogens with one attached hydrogen (secondary N) is 1. The highest BCUT2D eigenvalue weighted by Gasteiger charge is 2.34. The van der Waals surface area contributed by atoms with Crippen molar-refractivity contribution in [3.63, 3.8) is 0 Å². The first kappa shape index (κ1) is 13.0. The third kappa shape index (κ3) is 2.69. The highest BCUT2D eigenvalue weighted by Crippen LogP contribution is 2.32. The quantitative estimate of drug-likeness (QED) is 0.669. The minimum absolute atomic E-state index is 0.0874. The van der Waals surface area contributed by atoms with Crippen LogP contribution in [0.3, 0.4) is 0 Å². The number of carbonyl (C=O) groups excluding carboxylic acids is 1. The Morgan fingerprint density at radius 3 is 2.50 bits per heavy atom. The zero-order valence-electron chi connectivity index (χ0n) is 9.35. The zero-order chi connectivity index (χ0) is 13.3. The molecule has 6 heteroatoms. The van der Waals surface area contributed by atoms with E-state index in [0.717, 1.165) is 6.07 Å². The Bertz CT molecular complexity index is 466. The lowest BCUT2D eigenvalue weighted by atomic mass is 9.93. The molecular formula is C12H11F4NO. The fraction of sp³-hybridized carbons (Fsp3) is 0.417. The van der Waals surface area contributed by atoms with Crippen LogP contribution < -0.4 is 5.32 Å². The van der Waals surface area contributed by atoms with Crippen LogP contribution in [0.1, 0.15) is 22.3 Å². The molecule has 1 fully saturated rings. The third-order valence-electron chi connectivity index (χ3n) is 2.93. The SMILES string of the molecule is O=C(CC1CNC1)c1ccc(F)c(C(F)(F)F)c1. The molecule has 1 N–H and O–H groups in total. The Kier molecular flexibility index (Phi) is 3.38. The molecule has 1 aliphatic heterocycles. The molecule has 0 bridgehead atoms. The normalized spacial score (nSPS) is 16.4. The smallest absolute Gasteiger partial charge is 0.316 e. The van der Waals surface area contributed by atoms with E-state index in [1.807, 2.05) is 0 Å². The fourth-order valence-electron chi connectivity index (χ4n) is 1.79. The van der Waals surface area contributed by atoms with Gasteiger partial charge in [-0.2, -0.15) is 13.2 Å². The molecule has 2 nitrogen and oxygen atoms in total. The Morgan fingerprint density at radius 2 is 2.00 bits per heavy atom. The van der Waals surface area contributed by atoms with Crippen molar-refractivity contribution in [1.82, 2.24) is 5.32 Å². The van der Waals surface area contributed by atoms with Crippen LogP contribution in [0.25, 0.3) is 0 Å². The van der Waals surface area contributed by atoms with Crippen LogP contribution in [0.4, 0.5) is 17.6 Å². The van der Waals surface area contributed by atoms with Gasteiger partial charge in [0.1, 0.15) is 5.82 Å². The van der Waals surface area contributed by atoms with Gasteiger partial charge < -0.3 is 5.32 Å². The molecule has 0 atom stereocenters. The van der Waals surface area contributed by atoms with E-state index in [2.05, 4.69) is 5.32 Å². The van der Waals surface area contributed by atoms with Crippen LogP contribution in [0.5, 0.6) is 0 Å². The average molecular weight is 261 g/mol. The second kappa shape index (κ2) is 4.68. The summed E-state index contributed by atoms with van der Waals surface area (Å²) in [5.41, 5.74) is -1.48. The van der Waals surface area contributed by atoms with E-state index < -0.39 is 17.6 Å². The van der Waals surface area contributed by atoms with Crippen LogP contribution in [0.15, 0.2) is 18.2 Å². The number of rotatable bonds is 3. The summed E-state index contributed by atoms with van der Waals surface area (Å²) in [7, 11) is 0. The Morgan fingerprint density at radius 1 is 1.33 bits per heavy atom. The van der Waals surface area contributed by atoms with Gasteiger partial charge in [0.25, 0.3) is 0 Å². The maximum atomic E-state index is 13.0. The third-order valence-corrected chi connectivity index (χ3v) is 2.93. The molecule has 2 rings (SSSR count). The van der Waals surface area contributed by atoms with E-state index >= 15 is 0 Å². The molecule has 18 heavy (non-hydrogen) atoms. The summed E-state index contributed by atoms with van der Waals surface area (Å²) in [6.07, 6.45) is -4.59. The van der Waals surface area contributed by atoms with E-state index in [9.17, 15) is 22.4 Å². The van der Waals surface area contributed by atoms with Crippen molar-refractivity contribution in [2.75, 3.05) is 13.1 Å². The molecule has 1 aromatic rings. The first-order chi connectivity index (χ1) is 8.38. The first-order valence-corrected chi connectivity index (χ1v) is 5.48. The van der Waals surface area contributed by atoms with Crippen LogP contribution in [-0.2, 0) is 6.18 Å². The van der Waals surface area contributed by atoms with Gasteiger partial charge in [-0.05, 0) is 37.2 Å². The van der Waals surface area contributed by atoms with Crippen molar-refractivity contribution in [3.05, 3.63) is 35.1 Å². The van der Waals surface area contributed by atoms with Crippen molar-refractivity contribution in [2.45, 2.75) is 12.6 Å². The molecular weight excluding hydrogens is 250 g/mol. The zero-order valence-corrected chi connectivity index (χ0v) is 9.35. The maximum absolute atomic E-state index is 13.0. The lowest BCUT2D eigenvalue weighted by Crippen LogP contribution is -2.42. The van der Waals surface area contributed by atoms with Gasteiger partial charge in [0, 0.05) is 12.0 Å². The molecule has 0 radical (unpaired) electrons. The van der Waals surface area contributed by atoms with Gasteiger partial charge in [-0.15, -0.1) is 0 Å². The maximum Gasteiger partial charge on any atom is 0.419 e. The summed E-state index contributed by atoms with van der Waals surface area (Å²) in [6.45, 7) is 1.39. The minimum Gasteiger partial charge on any atom is -0.316 e. The number of ketones is 1. The number of Topliss-reactive ketones (excluding diaryl/α,β-unsaturated/α-hetero) is 1. The number of alkyl halides is 3. The molecule has 0 amide bonds. The summed E-state index contributed by atoms with van der Waals surface area (Å²) < 4.78 is 50.4. The first-order valence-electron chi connectivity index (χ1n) is 5.48. The van der Waals surface area contributed by atoms with Crippen LogP contribution in [-0.4, -0.2) is 18.9 Å². The predicted molar refractivity (Wildman–Crippen MR) is 56.7 cm³/mol. The highest BCUT2D eigenvalue weighted by molar-refractivity contribution is 5.96. The Balaban J connectivity index is 2.20. The van der Waals surface area contributed by atoms with Crippen molar-refractivity contribution in [1.29, 1.82) is 0 Å². The van der Waals surface area contributed by atoms with Gasteiger partial charge in [-0.1, -0.05) is 0 Å². The highest BCUT2D eigenvalue weighted by atomic mass is 19.4. The average Bonchev–Trinajstić information content (AvgIpc) is 2.22. The molecule has 1 aliphatic rings. The molecule has 0 saturated carbocycles. The topological polar surface area (TPSA) is 29.1 Å². The van der Waals surface area contributed by atoms with Crippen LogP contribution >= 0.6 is 0 Å². The number of hydrogen-bond donors (Lipinski definition) is 1. The number of hydrogen-bond acceptors (Lipinski definition) is 2. The van der Waals surface area contributed by atoms with Gasteiger partial charge in [-0.25, -0.2) is 4.39 Å². The Hall–Kier alpha value is -1.43. The van der Waals surface area contributed by atoms with Gasteiger partial charge in [0.15, 0.2) is 5.78 Å². The van der Waals surface area contributed by atoms with E-state index in [4.69, 9.17) is 0 Å². The van der Waals surface area contributed by atoms with Crippen LogP contribution in [0, 0.1) is 11.7 Å². The van der Waals surface area contributed by atoms with Crippen molar-refractivity contribution < 1.29 is 22.4 Å².